The fourth-order valence-electron chi connectivity index (χ4n) is 4.02. The Morgan fingerprint density at radius 2 is 1.83 bits per heavy atom. The fraction of sp³-hybridized carbons (Fsp3) is 0.478. The van der Waals surface area contributed by atoms with Crippen LogP contribution in [-0.4, -0.2) is 49.1 Å². The Labute approximate surface area is 171 Å². The van der Waals surface area contributed by atoms with E-state index < -0.39 is 17.8 Å². The molecular formula is C23H30N2O4. The van der Waals surface area contributed by atoms with Crippen LogP contribution in [0, 0.1) is 11.8 Å². The predicted molar refractivity (Wildman–Crippen MR) is 113 cm³/mol. The van der Waals surface area contributed by atoms with Gasteiger partial charge in [-0.3, -0.25) is 9.59 Å². The number of carbonyl (C=O) groups is 2. The predicted octanol–water partition coefficient (Wildman–Crippen LogP) is 3.29. The first-order valence-electron chi connectivity index (χ1n) is 10.3. The minimum absolute atomic E-state index is 0.177. The number of fused-ring (bicyclic) bond motifs is 1. The lowest BCUT2D eigenvalue weighted by Crippen LogP contribution is -2.39. The van der Waals surface area contributed by atoms with Gasteiger partial charge in [-0.2, -0.15) is 0 Å². The van der Waals surface area contributed by atoms with E-state index in [4.69, 9.17) is 4.74 Å². The highest BCUT2D eigenvalue weighted by atomic mass is 16.5. The maximum atomic E-state index is 12.8. The van der Waals surface area contributed by atoms with Crippen molar-refractivity contribution in [3.63, 3.8) is 0 Å². The van der Waals surface area contributed by atoms with Crippen molar-refractivity contribution in [1.29, 1.82) is 0 Å². The molecule has 0 heterocycles. The number of hydrogen-bond acceptors (Lipinski definition) is 4. The lowest BCUT2D eigenvalue weighted by atomic mass is 9.78. The van der Waals surface area contributed by atoms with Crippen LogP contribution in [0.2, 0.25) is 0 Å². The van der Waals surface area contributed by atoms with Gasteiger partial charge in [0, 0.05) is 18.7 Å². The number of likely N-dealkylation sites (N-methyl/N-ethyl adjacent to an activating group) is 1. The van der Waals surface area contributed by atoms with Crippen molar-refractivity contribution in [1.82, 2.24) is 10.2 Å². The van der Waals surface area contributed by atoms with E-state index in [-0.39, 0.29) is 5.91 Å². The molecule has 2 N–H and O–H groups in total. The zero-order valence-electron chi connectivity index (χ0n) is 17.2. The number of carboxylic acid groups (broad SMARTS) is 1. The molecule has 0 spiro atoms. The van der Waals surface area contributed by atoms with Gasteiger partial charge in [0.1, 0.15) is 12.4 Å². The average molecular weight is 399 g/mol. The molecule has 2 unspecified atom stereocenters. The number of hydrogen-bond donors (Lipinski definition) is 2. The molecule has 0 aliphatic heterocycles. The Balaban J connectivity index is 1.78. The highest BCUT2D eigenvalue weighted by Gasteiger charge is 2.35. The second-order valence-electron chi connectivity index (χ2n) is 7.97. The summed E-state index contributed by atoms with van der Waals surface area (Å²) in [4.78, 5) is 26.4. The largest absolute Gasteiger partial charge is 0.492 e. The molecule has 3 rings (SSSR count). The zero-order valence-corrected chi connectivity index (χ0v) is 17.2. The van der Waals surface area contributed by atoms with Crippen LogP contribution in [-0.2, 0) is 16.1 Å². The Morgan fingerprint density at radius 3 is 2.55 bits per heavy atom. The van der Waals surface area contributed by atoms with Crippen LogP contribution in [0.25, 0.3) is 10.8 Å². The van der Waals surface area contributed by atoms with Crippen molar-refractivity contribution in [2.45, 2.75) is 32.2 Å². The van der Waals surface area contributed by atoms with Crippen LogP contribution in [0.15, 0.2) is 36.4 Å². The highest BCUT2D eigenvalue weighted by Crippen LogP contribution is 2.32. The van der Waals surface area contributed by atoms with Gasteiger partial charge in [0.2, 0.25) is 5.91 Å². The minimum Gasteiger partial charge on any atom is -0.492 e. The van der Waals surface area contributed by atoms with Gasteiger partial charge in [-0.25, -0.2) is 0 Å². The van der Waals surface area contributed by atoms with Gasteiger partial charge in [0.25, 0.3) is 0 Å². The van der Waals surface area contributed by atoms with Crippen molar-refractivity contribution in [3.05, 3.63) is 42.0 Å². The Hall–Kier alpha value is -2.60. The first-order chi connectivity index (χ1) is 14.0. The molecular weight excluding hydrogens is 368 g/mol. The first kappa shape index (κ1) is 21.1. The summed E-state index contributed by atoms with van der Waals surface area (Å²) < 4.78 is 6.01. The number of aliphatic carboxylic acids is 1. The third-order valence-corrected chi connectivity index (χ3v) is 5.65. The molecule has 1 aliphatic rings. The molecule has 2 atom stereocenters. The molecule has 6 heteroatoms. The number of carbonyl (C=O) groups excluding carboxylic acids is 1. The Kier molecular flexibility index (Phi) is 7.09. The van der Waals surface area contributed by atoms with Crippen LogP contribution in [0.5, 0.6) is 5.75 Å². The molecule has 1 aliphatic carbocycles. The van der Waals surface area contributed by atoms with Gasteiger partial charge >= 0.3 is 5.97 Å². The van der Waals surface area contributed by atoms with E-state index in [1.807, 2.05) is 50.5 Å². The van der Waals surface area contributed by atoms with Gasteiger partial charge in [0.05, 0.1) is 11.8 Å². The molecule has 0 saturated heterocycles. The summed E-state index contributed by atoms with van der Waals surface area (Å²) in [6.45, 7) is 1.66. The SMILES string of the molecule is CN(C)CCOc1ccc2ccccc2c1CNC(=O)C1CCCCC1C(=O)O. The number of nitrogens with zero attached hydrogens (tertiary/aromatic N) is 1. The van der Waals surface area contributed by atoms with E-state index in [2.05, 4.69) is 10.2 Å². The van der Waals surface area contributed by atoms with Gasteiger partial charge in [-0.1, -0.05) is 43.2 Å². The molecule has 2 aromatic rings. The average Bonchev–Trinajstić information content (AvgIpc) is 2.72. The van der Waals surface area contributed by atoms with Crippen molar-refractivity contribution < 1.29 is 19.4 Å². The van der Waals surface area contributed by atoms with E-state index in [9.17, 15) is 14.7 Å². The summed E-state index contributed by atoms with van der Waals surface area (Å²) in [5.74, 6) is -1.35. The van der Waals surface area contributed by atoms with E-state index in [1.54, 1.807) is 0 Å². The summed E-state index contributed by atoms with van der Waals surface area (Å²) in [7, 11) is 3.99. The van der Waals surface area contributed by atoms with Gasteiger partial charge in [-0.15, -0.1) is 0 Å². The molecule has 0 aromatic heterocycles. The standard InChI is InChI=1S/C23H30N2O4/c1-25(2)13-14-29-21-12-11-16-7-3-4-8-17(16)20(21)15-24-22(26)18-9-5-6-10-19(18)23(27)28/h3-4,7-8,11-12,18-19H,5-6,9-10,13-15H2,1-2H3,(H,24,26)(H,27,28). The normalized spacial score (nSPS) is 19.3. The topological polar surface area (TPSA) is 78.9 Å². The molecule has 1 amide bonds. The third kappa shape index (κ3) is 5.26. The van der Waals surface area contributed by atoms with Crippen molar-refractivity contribution in [3.8, 4) is 5.75 Å². The highest BCUT2D eigenvalue weighted by molar-refractivity contribution is 5.89. The Morgan fingerprint density at radius 1 is 1.10 bits per heavy atom. The van der Waals surface area contributed by atoms with E-state index in [0.29, 0.717) is 26.0 Å². The van der Waals surface area contributed by atoms with E-state index in [0.717, 1.165) is 41.5 Å². The van der Waals surface area contributed by atoms with Crippen molar-refractivity contribution in [2.75, 3.05) is 27.2 Å². The molecule has 29 heavy (non-hydrogen) atoms. The first-order valence-corrected chi connectivity index (χ1v) is 10.3. The van der Waals surface area contributed by atoms with Gasteiger partial charge in [-0.05, 0) is 43.8 Å². The maximum absolute atomic E-state index is 12.8. The molecule has 2 aromatic carbocycles. The number of amides is 1. The number of benzene rings is 2. The smallest absolute Gasteiger partial charge is 0.307 e. The van der Waals surface area contributed by atoms with E-state index in [1.165, 1.54) is 0 Å². The lowest BCUT2D eigenvalue weighted by Gasteiger charge is -2.27. The molecule has 0 bridgehead atoms. The monoisotopic (exact) mass is 398 g/mol. The summed E-state index contributed by atoms with van der Waals surface area (Å²) in [5, 5.41) is 14.6. The zero-order chi connectivity index (χ0) is 20.8. The number of rotatable bonds is 8. The maximum Gasteiger partial charge on any atom is 0.307 e. The van der Waals surface area contributed by atoms with Crippen LogP contribution in [0.1, 0.15) is 31.2 Å². The molecule has 1 fully saturated rings. The Bertz CT molecular complexity index is 865. The molecule has 1 saturated carbocycles. The summed E-state index contributed by atoms with van der Waals surface area (Å²) >= 11 is 0. The number of nitrogens with one attached hydrogen (secondary N) is 1. The quantitative estimate of drug-likeness (QED) is 0.713. The van der Waals surface area contributed by atoms with Crippen LogP contribution in [0.3, 0.4) is 0 Å². The summed E-state index contributed by atoms with van der Waals surface area (Å²) in [5.41, 5.74) is 0.929. The number of ether oxygens (including phenoxy) is 1. The van der Waals surface area contributed by atoms with Crippen molar-refractivity contribution in [2.24, 2.45) is 11.8 Å². The van der Waals surface area contributed by atoms with Crippen LogP contribution < -0.4 is 10.1 Å². The summed E-state index contributed by atoms with van der Waals surface area (Å²) in [6.07, 6.45) is 2.97. The number of carboxylic acids is 1. The lowest BCUT2D eigenvalue weighted by molar-refractivity contribution is -0.148. The fourth-order valence-corrected chi connectivity index (χ4v) is 4.02. The minimum atomic E-state index is -0.872. The molecule has 0 radical (unpaired) electrons. The van der Waals surface area contributed by atoms with Gasteiger partial charge < -0.3 is 20.1 Å². The second-order valence-corrected chi connectivity index (χ2v) is 7.97. The second kappa shape index (κ2) is 9.74. The van der Waals surface area contributed by atoms with Crippen molar-refractivity contribution >= 4 is 22.6 Å². The van der Waals surface area contributed by atoms with Crippen LogP contribution >= 0.6 is 0 Å². The summed E-state index contributed by atoms with van der Waals surface area (Å²) in [6, 6.07) is 12.0. The van der Waals surface area contributed by atoms with Gasteiger partial charge in [0.15, 0.2) is 0 Å². The molecule has 156 valence electrons. The van der Waals surface area contributed by atoms with Crippen LogP contribution in [0.4, 0.5) is 0 Å². The molecule has 6 nitrogen and oxygen atoms in total. The third-order valence-electron chi connectivity index (χ3n) is 5.65. The van der Waals surface area contributed by atoms with E-state index >= 15 is 0 Å².